The number of rotatable bonds is 8. The lowest BCUT2D eigenvalue weighted by Crippen LogP contribution is -2.44. The number of hydrogen-bond donors (Lipinski definition) is 2. The van der Waals surface area contributed by atoms with E-state index in [1.807, 2.05) is 6.92 Å². The number of piperidine rings is 1. The van der Waals surface area contributed by atoms with Crippen LogP contribution in [-0.2, 0) is 19.6 Å². The van der Waals surface area contributed by atoms with Gasteiger partial charge >= 0.3 is 0 Å². The van der Waals surface area contributed by atoms with Crippen LogP contribution in [0.1, 0.15) is 49.4 Å². The van der Waals surface area contributed by atoms with E-state index in [0.717, 1.165) is 19.4 Å². The van der Waals surface area contributed by atoms with Crippen LogP contribution in [0, 0.1) is 5.92 Å². The molecule has 1 aromatic carbocycles. The molecule has 8 nitrogen and oxygen atoms in total. The largest absolute Gasteiger partial charge is 0.376 e. The Morgan fingerprint density at radius 3 is 2.73 bits per heavy atom. The smallest absolute Gasteiger partial charge is 0.253 e. The van der Waals surface area contributed by atoms with Crippen molar-refractivity contribution in [2.75, 3.05) is 37.3 Å². The fraction of sp³-hybridized carbons (Fsp3) is 0.619. The van der Waals surface area contributed by atoms with Gasteiger partial charge in [0.15, 0.2) is 0 Å². The van der Waals surface area contributed by atoms with Crippen LogP contribution in [0.4, 0.5) is 5.69 Å². The third-order valence-electron chi connectivity index (χ3n) is 5.55. The molecule has 2 heterocycles. The van der Waals surface area contributed by atoms with Gasteiger partial charge in [0.1, 0.15) is 0 Å². The number of para-hydroxylation sites is 1. The molecule has 0 radical (unpaired) electrons. The van der Waals surface area contributed by atoms with Gasteiger partial charge in [-0.3, -0.25) is 9.59 Å². The van der Waals surface area contributed by atoms with Gasteiger partial charge in [0.2, 0.25) is 15.9 Å². The first-order valence-electron chi connectivity index (χ1n) is 10.7. The Kier molecular flexibility index (Phi) is 7.85. The van der Waals surface area contributed by atoms with Gasteiger partial charge in [-0.25, -0.2) is 12.7 Å². The first-order valence-corrected chi connectivity index (χ1v) is 12.3. The molecule has 2 aliphatic heterocycles. The molecule has 0 aliphatic carbocycles. The summed E-state index contributed by atoms with van der Waals surface area (Å²) in [5.41, 5.74) is 0.816. The monoisotopic (exact) mass is 437 g/mol. The van der Waals surface area contributed by atoms with E-state index in [1.165, 1.54) is 4.31 Å². The number of anilines is 1. The fourth-order valence-electron chi connectivity index (χ4n) is 3.93. The SMILES string of the molecule is CCCS(=O)(=O)N1CCCC(C(=O)Nc2ccccc2C(=O)NCC2CCCO2)C1. The standard InChI is InChI=1S/C21H31N3O5S/c1-2-13-30(27,28)24-11-5-7-16(15-24)20(25)23-19-10-4-3-9-18(19)21(26)22-14-17-8-6-12-29-17/h3-4,9-10,16-17H,2,5-8,11-15H2,1H3,(H,22,26)(H,23,25). The summed E-state index contributed by atoms with van der Waals surface area (Å²) in [6, 6.07) is 6.86. The molecule has 2 fully saturated rings. The number of carbonyl (C=O) groups is 2. The van der Waals surface area contributed by atoms with Crippen molar-refractivity contribution in [1.82, 2.24) is 9.62 Å². The molecule has 0 bridgehead atoms. The van der Waals surface area contributed by atoms with Crippen LogP contribution in [-0.4, -0.2) is 62.6 Å². The predicted molar refractivity (Wildman–Crippen MR) is 115 cm³/mol. The lowest BCUT2D eigenvalue weighted by molar-refractivity contribution is -0.120. The van der Waals surface area contributed by atoms with Crippen molar-refractivity contribution >= 4 is 27.5 Å². The molecule has 2 N–H and O–H groups in total. The van der Waals surface area contributed by atoms with E-state index < -0.39 is 15.9 Å². The Hall–Kier alpha value is -1.97. The minimum atomic E-state index is -3.33. The van der Waals surface area contributed by atoms with Gasteiger partial charge in [0.25, 0.3) is 5.91 Å². The molecule has 9 heteroatoms. The molecular weight excluding hydrogens is 406 g/mol. The Labute approximate surface area is 178 Å². The highest BCUT2D eigenvalue weighted by Crippen LogP contribution is 2.23. The Morgan fingerprint density at radius 1 is 1.20 bits per heavy atom. The maximum Gasteiger partial charge on any atom is 0.253 e. The molecule has 1 aromatic rings. The van der Waals surface area contributed by atoms with Gasteiger partial charge in [0.05, 0.1) is 29.0 Å². The third-order valence-corrected chi connectivity index (χ3v) is 7.60. The van der Waals surface area contributed by atoms with Gasteiger partial charge in [-0.05, 0) is 44.2 Å². The molecule has 166 valence electrons. The quantitative estimate of drug-likeness (QED) is 0.647. The number of nitrogens with one attached hydrogen (secondary N) is 2. The summed E-state index contributed by atoms with van der Waals surface area (Å²) in [6.45, 7) is 3.62. The molecule has 3 rings (SSSR count). The van der Waals surface area contributed by atoms with Crippen molar-refractivity contribution in [3.05, 3.63) is 29.8 Å². The van der Waals surface area contributed by atoms with Gasteiger partial charge in [0, 0.05) is 26.2 Å². The molecule has 2 amide bonds. The number of sulfonamides is 1. The Morgan fingerprint density at radius 2 is 2.00 bits per heavy atom. The normalized spacial score (nSPS) is 22.6. The maximum absolute atomic E-state index is 12.9. The minimum absolute atomic E-state index is 0.0361. The Bertz CT molecular complexity index is 852. The van der Waals surface area contributed by atoms with E-state index in [-0.39, 0.29) is 30.2 Å². The average molecular weight is 438 g/mol. The zero-order valence-electron chi connectivity index (χ0n) is 17.4. The third kappa shape index (κ3) is 5.80. The topological polar surface area (TPSA) is 105 Å². The summed E-state index contributed by atoms with van der Waals surface area (Å²) < 4.78 is 31.7. The van der Waals surface area contributed by atoms with Crippen molar-refractivity contribution in [2.45, 2.75) is 45.1 Å². The van der Waals surface area contributed by atoms with E-state index in [2.05, 4.69) is 10.6 Å². The van der Waals surface area contributed by atoms with E-state index in [1.54, 1.807) is 24.3 Å². The Balaban J connectivity index is 1.63. The predicted octanol–water partition coefficient (Wildman–Crippen LogP) is 1.99. The van der Waals surface area contributed by atoms with Crippen molar-refractivity contribution < 1.29 is 22.7 Å². The second kappa shape index (κ2) is 10.4. The number of amides is 2. The summed E-state index contributed by atoms with van der Waals surface area (Å²) in [6.07, 6.45) is 3.78. The van der Waals surface area contributed by atoms with Crippen molar-refractivity contribution in [1.29, 1.82) is 0 Å². The highest BCUT2D eigenvalue weighted by Gasteiger charge is 2.32. The van der Waals surface area contributed by atoms with E-state index in [4.69, 9.17) is 4.74 Å². The van der Waals surface area contributed by atoms with Crippen LogP contribution in [0.2, 0.25) is 0 Å². The zero-order chi connectivity index (χ0) is 21.6. The number of benzene rings is 1. The molecule has 2 saturated heterocycles. The van der Waals surface area contributed by atoms with Crippen LogP contribution in [0.3, 0.4) is 0 Å². The number of ether oxygens (including phenoxy) is 1. The van der Waals surface area contributed by atoms with E-state index in [0.29, 0.717) is 43.6 Å². The number of hydrogen-bond acceptors (Lipinski definition) is 5. The van der Waals surface area contributed by atoms with E-state index in [9.17, 15) is 18.0 Å². The molecule has 0 spiro atoms. The van der Waals surface area contributed by atoms with Gasteiger partial charge in [-0.1, -0.05) is 19.1 Å². The average Bonchev–Trinajstić information content (AvgIpc) is 3.26. The molecule has 2 aliphatic rings. The van der Waals surface area contributed by atoms with Crippen LogP contribution in [0.25, 0.3) is 0 Å². The first kappa shape index (κ1) is 22.7. The molecule has 2 atom stereocenters. The van der Waals surface area contributed by atoms with Gasteiger partial charge in [-0.15, -0.1) is 0 Å². The van der Waals surface area contributed by atoms with Crippen LogP contribution in [0.5, 0.6) is 0 Å². The molecule has 2 unspecified atom stereocenters. The van der Waals surface area contributed by atoms with Crippen LogP contribution >= 0.6 is 0 Å². The van der Waals surface area contributed by atoms with Crippen molar-refractivity contribution in [2.24, 2.45) is 5.92 Å². The zero-order valence-corrected chi connectivity index (χ0v) is 18.2. The summed E-state index contributed by atoms with van der Waals surface area (Å²) in [7, 11) is -3.33. The second-order valence-electron chi connectivity index (χ2n) is 7.89. The lowest BCUT2D eigenvalue weighted by Gasteiger charge is -2.31. The summed E-state index contributed by atoms with van der Waals surface area (Å²) in [5, 5.41) is 5.71. The van der Waals surface area contributed by atoms with Gasteiger partial charge < -0.3 is 15.4 Å². The highest BCUT2D eigenvalue weighted by molar-refractivity contribution is 7.89. The molecule has 0 aromatic heterocycles. The summed E-state index contributed by atoms with van der Waals surface area (Å²) >= 11 is 0. The maximum atomic E-state index is 12.9. The van der Waals surface area contributed by atoms with Crippen LogP contribution < -0.4 is 10.6 Å². The summed E-state index contributed by atoms with van der Waals surface area (Å²) in [4.78, 5) is 25.5. The molecule has 0 saturated carbocycles. The first-order chi connectivity index (χ1) is 14.4. The number of nitrogens with zero attached hydrogens (tertiary/aromatic N) is 1. The van der Waals surface area contributed by atoms with Crippen molar-refractivity contribution in [3.8, 4) is 0 Å². The number of carbonyl (C=O) groups excluding carboxylic acids is 2. The molecular formula is C21H31N3O5S. The summed E-state index contributed by atoms with van der Waals surface area (Å²) in [5.74, 6) is -0.869. The fourth-order valence-corrected chi connectivity index (χ4v) is 5.52. The molecule has 30 heavy (non-hydrogen) atoms. The second-order valence-corrected chi connectivity index (χ2v) is 9.98. The lowest BCUT2D eigenvalue weighted by atomic mass is 9.98. The highest BCUT2D eigenvalue weighted by atomic mass is 32.2. The minimum Gasteiger partial charge on any atom is -0.376 e. The van der Waals surface area contributed by atoms with Crippen LogP contribution in [0.15, 0.2) is 24.3 Å². The van der Waals surface area contributed by atoms with Gasteiger partial charge in [-0.2, -0.15) is 0 Å². The van der Waals surface area contributed by atoms with E-state index >= 15 is 0 Å². The van der Waals surface area contributed by atoms with Crippen molar-refractivity contribution in [3.63, 3.8) is 0 Å².